The number of hydrogen-bond acceptors (Lipinski definition) is 5. The van der Waals surface area contributed by atoms with Crippen LogP contribution >= 0.6 is 12.2 Å². The number of ether oxygens (including phenoxy) is 1. The number of aromatic nitrogens is 2. The van der Waals surface area contributed by atoms with Crippen molar-refractivity contribution in [2.75, 3.05) is 29.9 Å². The molecule has 2 fully saturated rings. The van der Waals surface area contributed by atoms with Gasteiger partial charge in [-0.1, -0.05) is 68.3 Å². The third kappa shape index (κ3) is 5.95. The van der Waals surface area contributed by atoms with Gasteiger partial charge in [-0.15, -0.1) is 0 Å². The van der Waals surface area contributed by atoms with E-state index in [1.807, 2.05) is 36.4 Å². The summed E-state index contributed by atoms with van der Waals surface area (Å²) in [6.45, 7) is 5.04. The molecule has 5 rings (SSSR count). The van der Waals surface area contributed by atoms with Gasteiger partial charge in [-0.2, -0.15) is 9.97 Å². The van der Waals surface area contributed by atoms with Crippen molar-refractivity contribution in [3.63, 3.8) is 0 Å². The van der Waals surface area contributed by atoms with E-state index in [0.29, 0.717) is 22.9 Å². The maximum atomic E-state index is 6.09. The van der Waals surface area contributed by atoms with Gasteiger partial charge in [-0.05, 0) is 61.5 Å². The molecule has 1 atom stereocenters. The Labute approximate surface area is 219 Å². The second kappa shape index (κ2) is 11.2. The fourth-order valence-electron chi connectivity index (χ4n) is 5.50. The Morgan fingerprint density at radius 1 is 1.03 bits per heavy atom. The van der Waals surface area contributed by atoms with Crippen LogP contribution in [0.25, 0.3) is 0 Å². The van der Waals surface area contributed by atoms with E-state index in [4.69, 9.17) is 21.9 Å². The van der Waals surface area contributed by atoms with Crippen LogP contribution in [0.5, 0.6) is 11.6 Å². The molecule has 0 radical (unpaired) electrons. The number of nitrogens with one attached hydrogen (secondary N) is 2. The van der Waals surface area contributed by atoms with Crippen molar-refractivity contribution in [3.8, 4) is 11.6 Å². The lowest BCUT2D eigenvalue weighted by Gasteiger charge is -2.32. The summed E-state index contributed by atoms with van der Waals surface area (Å²) in [5.74, 6) is 3.20. The topological polar surface area (TPSA) is 62.3 Å². The Bertz CT molecular complexity index is 1150. The molecule has 1 aliphatic heterocycles. The van der Waals surface area contributed by atoms with Crippen LogP contribution in [0.4, 0.5) is 11.8 Å². The lowest BCUT2D eigenvalue weighted by Crippen LogP contribution is -2.41. The largest absolute Gasteiger partial charge is 0.439 e. The lowest BCUT2D eigenvalue weighted by molar-refractivity contribution is 0.435. The Kier molecular flexibility index (Phi) is 7.66. The molecule has 2 heterocycles. The zero-order chi connectivity index (χ0) is 24.8. The average molecular weight is 502 g/mol. The van der Waals surface area contributed by atoms with Gasteiger partial charge in [0.05, 0.1) is 0 Å². The molecule has 1 aromatic heterocycles. The van der Waals surface area contributed by atoms with Crippen molar-refractivity contribution >= 4 is 29.1 Å². The third-order valence-corrected chi connectivity index (χ3v) is 7.64. The van der Waals surface area contributed by atoms with E-state index in [2.05, 4.69) is 57.8 Å². The van der Waals surface area contributed by atoms with Crippen molar-refractivity contribution in [1.82, 2.24) is 15.3 Å². The first-order valence-electron chi connectivity index (χ1n) is 13.1. The van der Waals surface area contributed by atoms with Crippen molar-refractivity contribution in [2.45, 2.75) is 50.9 Å². The quantitative estimate of drug-likeness (QED) is 0.368. The van der Waals surface area contributed by atoms with E-state index >= 15 is 0 Å². The SMILES string of the molecule is C[C@H]1CCCN(c2cc(Oc3ccccc3)nc(NC(=S)NCC3(c4ccccc4)CCCC3)n2)C1. The van der Waals surface area contributed by atoms with Gasteiger partial charge in [0.1, 0.15) is 11.6 Å². The van der Waals surface area contributed by atoms with Crippen molar-refractivity contribution in [1.29, 1.82) is 0 Å². The molecule has 0 unspecified atom stereocenters. The van der Waals surface area contributed by atoms with Gasteiger partial charge in [-0.25, -0.2) is 0 Å². The number of piperidine rings is 1. The smallest absolute Gasteiger partial charge is 0.234 e. The Hall–Kier alpha value is -3.19. The van der Waals surface area contributed by atoms with Crippen LogP contribution in [-0.4, -0.2) is 34.7 Å². The Morgan fingerprint density at radius 3 is 2.47 bits per heavy atom. The first-order valence-corrected chi connectivity index (χ1v) is 13.5. The molecule has 2 aromatic carbocycles. The van der Waals surface area contributed by atoms with E-state index < -0.39 is 0 Å². The van der Waals surface area contributed by atoms with Crippen LogP contribution in [-0.2, 0) is 5.41 Å². The maximum Gasteiger partial charge on any atom is 0.234 e. The molecule has 0 amide bonds. The highest BCUT2D eigenvalue weighted by Gasteiger charge is 2.35. The molecule has 36 heavy (non-hydrogen) atoms. The second-order valence-corrected chi connectivity index (χ2v) is 10.6. The fourth-order valence-corrected chi connectivity index (χ4v) is 5.66. The third-order valence-electron chi connectivity index (χ3n) is 7.40. The molecule has 2 aliphatic rings. The minimum atomic E-state index is 0.112. The van der Waals surface area contributed by atoms with Crippen molar-refractivity contribution < 1.29 is 4.74 Å². The minimum absolute atomic E-state index is 0.112. The maximum absolute atomic E-state index is 6.09. The Morgan fingerprint density at radius 2 is 1.75 bits per heavy atom. The molecule has 188 valence electrons. The summed E-state index contributed by atoms with van der Waals surface area (Å²) >= 11 is 5.71. The molecule has 6 nitrogen and oxygen atoms in total. The summed E-state index contributed by atoms with van der Waals surface area (Å²) in [6, 6.07) is 22.5. The van der Waals surface area contributed by atoms with Gasteiger partial charge >= 0.3 is 0 Å². The van der Waals surface area contributed by atoms with Gasteiger partial charge in [0, 0.05) is 31.1 Å². The number of hydrogen-bond donors (Lipinski definition) is 2. The molecule has 0 bridgehead atoms. The highest BCUT2D eigenvalue weighted by molar-refractivity contribution is 7.80. The van der Waals surface area contributed by atoms with Gasteiger partial charge in [0.2, 0.25) is 11.8 Å². The molecular formula is C29H35N5OS. The van der Waals surface area contributed by atoms with Crippen LogP contribution < -0.4 is 20.3 Å². The molecule has 3 aromatic rings. The lowest BCUT2D eigenvalue weighted by atomic mass is 9.79. The predicted molar refractivity (Wildman–Crippen MR) is 150 cm³/mol. The van der Waals surface area contributed by atoms with Crippen LogP contribution in [0.15, 0.2) is 66.7 Å². The van der Waals surface area contributed by atoms with Crippen LogP contribution in [0.1, 0.15) is 51.0 Å². The average Bonchev–Trinajstić information content (AvgIpc) is 3.39. The second-order valence-electron chi connectivity index (χ2n) is 10.2. The normalized spacial score (nSPS) is 19.0. The van der Waals surface area contributed by atoms with E-state index in [1.54, 1.807) is 0 Å². The zero-order valence-corrected chi connectivity index (χ0v) is 21.8. The van der Waals surface area contributed by atoms with E-state index in [9.17, 15) is 0 Å². The first-order chi connectivity index (χ1) is 17.6. The number of anilines is 2. The summed E-state index contributed by atoms with van der Waals surface area (Å²) < 4.78 is 6.09. The molecule has 0 spiro atoms. The summed E-state index contributed by atoms with van der Waals surface area (Å²) in [7, 11) is 0. The molecule has 7 heteroatoms. The van der Waals surface area contributed by atoms with Gasteiger partial charge in [0.15, 0.2) is 5.11 Å². The van der Waals surface area contributed by atoms with Crippen LogP contribution in [0.2, 0.25) is 0 Å². The van der Waals surface area contributed by atoms with Gasteiger partial charge < -0.3 is 20.3 Å². The minimum Gasteiger partial charge on any atom is -0.439 e. The summed E-state index contributed by atoms with van der Waals surface area (Å²) in [4.78, 5) is 11.8. The van der Waals surface area contributed by atoms with Crippen LogP contribution in [0.3, 0.4) is 0 Å². The number of para-hydroxylation sites is 1. The predicted octanol–water partition coefficient (Wildman–Crippen LogP) is 6.30. The standard InChI is InChI=1S/C29H35N5OS/c1-22-11-10-18-34(20-22)25-19-26(35-24-14-6-3-7-15-24)32-27(31-25)33-28(36)30-21-29(16-8-9-17-29)23-12-4-2-5-13-23/h2-7,12-15,19,22H,8-11,16-18,20-21H2,1H3,(H2,30,31,32,33,36)/t22-/m0/s1. The molecule has 1 saturated carbocycles. The van der Waals surface area contributed by atoms with Crippen molar-refractivity contribution in [2.24, 2.45) is 5.92 Å². The molecule has 1 aliphatic carbocycles. The number of thiocarbonyl (C=S) groups is 1. The highest BCUT2D eigenvalue weighted by atomic mass is 32.1. The molecule has 2 N–H and O–H groups in total. The Balaban J connectivity index is 1.32. The van der Waals surface area contributed by atoms with Crippen molar-refractivity contribution in [3.05, 3.63) is 72.3 Å². The summed E-state index contributed by atoms with van der Waals surface area (Å²) in [5.41, 5.74) is 1.50. The number of rotatable bonds is 7. The summed E-state index contributed by atoms with van der Waals surface area (Å²) in [6.07, 6.45) is 7.23. The van der Waals surface area contributed by atoms with Crippen LogP contribution in [0, 0.1) is 5.92 Å². The highest BCUT2D eigenvalue weighted by Crippen LogP contribution is 2.40. The first kappa shape index (κ1) is 24.5. The number of benzene rings is 2. The monoisotopic (exact) mass is 501 g/mol. The number of nitrogens with zero attached hydrogens (tertiary/aromatic N) is 3. The molecule has 1 saturated heterocycles. The van der Waals surface area contributed by atoms with E-state index in [1.165, 1.54) is 37.7 Å². The molecular weight excluding hydrogens is 466 g/mol. The van der Waals surface area contributed by atoms with Gasteiger partial charge in [0.25, 0.3) is 0 Å². The van der Waals surface area contributed by atoms with Gasteiger partial charge in [-0.3, -0.25) is 0 Å². The summed E-state index contributed by atoms with van der Waals surface area (Å²) in [5, 5.41) is 7.25. The zero-order valence-electron chi connectivity index (χ0n) is 21.0. The van der Waals surface area contributed by atoms with E-state index in [0.717, 1.165) is 37.6 Å². The van der Waals surface area contributed by atoms with E-state index in [-0.39, 0.29) is 5.41 Å². The fraction of sp³-hybridized carbons (Fsp3) is 0.414.